The molecule has 0 saturated heterocycles. The third-order valence-corrected chi connectivity index (χ3v) is 2.75. The third-order valence-electron chi connectivity index (χ3n) is 2.75. The maximum Gasteiger partial charge on any atom is 0.331 e. The lowest BCUT2D eigenvalue weighted by Gasteiger charge is -2.11. The zero-order chi connectivity index (χ0) is 15.9. The van der Waals surface area contributed by atoms with Crippen LogP contribution >= 0.6 is 0 Å². The van der Waals surface area contributed by atoms with Crippen molar-refractivity contribution >= 4 is 17.9 Å². The topological polar surface area (TPSA) is 112 Å². The highest BCUT2D eigenvalue weighted by atomic mass is 16.4. The van der Waals surface area contributed by atoms with Crippen LogP contribution in [0.15, 0.2) is 35.5 Å². The van der Waals surface area contributed by atoms with Crippen LogP contribution < -0.4 is 0 Å². The monoisotopic (exact) mass is 282 g/mol. The Bertz CT molecular complexity index is 452. The van der Waals surface area contributed by atoms with E-state index in [0.29, 0.717) is 0 Å². The number of hydrogen-bond acceptors (Lipinski definition) is 3. The van der Waals surface area contributed by atoms with Gasteiger partial charge in [0.15, 0.2) is 0 Å². The van der Waals surface area contributed by atoms with E-state index in [1.165, 1.54) is 12.2 Å². The van der Waals surface area contributed by atoms with Gasteiger partial charge >= 0.3 is 17.9 Å². The van der Waals surface area contributed by atoms with Gasteiger partial charge in [0, 0.05) is 22.6 Å². The second-order valence-corrected chi connectivity index (χ2v) is 4.06. The Morgan fingerprint density at radius 2 is 1.25 bits per heavy atom. The fourth-order valence-corrected chi connectivity index (χ4v) is 1.51. The van der Waals surface area contributed by atoms with Gasteiger partial charge in [-0.15, -0.1) is 0 Å². The van der Waals surface area contributed by atoms with Gasteiger partial charge in [-0.25, -0.2) is 14.4 Å². The van der Waals surface area contributed by atoms with Gasteiger partial charge in [-0.2, -0.15) is 0 Å². The molecular weight excluding hydrogens is 264 g/mol. The molecule has 20 heavy (non-hydrogen) atoms. The summed E-state index contributed by atoms with van der Waals surface area (Å²) < 4.78 is 0. The van der Waals surface area contributed by atoms with Crippen molar-refractivity contribution in [3.63, 3.8) is 0 Å². The molecule has 0 bridgehead atoms. The van der Waals surface area contributed by atoms with Crippen molar-refractivity contribution in [1.29, 1.82) is 0 Å². The molecule has 0 aromatic heterocycles. The van der Waals surface area contributed by atoms with Crippen LogP contribution in [0.5, 0.6) is 0 Å². The minimum absolute atomic E-state index is 0.00879. The Morgan fingerprint density at radius 1 is 0.900 bits per heavy atom. The summed E-state index contributed by atoms with van der Waals surface area (Å²) >= 11 is 0. The first-order valence-electron chi connectivity index (χ1n) is 6.04. The zero-order valence-electron chi connectivity index (χ0n) is 11.4. The molecule has 110 valence electrons. The summed E-state index contributed by atoms with van der Waals surface area (Å²) in [7, 11) is 0. The van der Waals surface area contributed by atoms with Crippen molar-refractivity contribution < 1.29 is 29.7 Å². The van der Waals surface area contributed by atoms with Crippen LogP contribution in [0, 0.1) is 5.92 Å². The molecule has 3 N–H and O–H groups in total. The normalized spacial score (nSPS) is 13.7. The molecule has 6 heteroatoms. The molecule has 0 spiro atoms. The van der Waals surface area contributed by atoms with Crippen LogP contribution in [0.4, 0.5) is 0 Å². The van der Waals surface area contributed by atoms with Crippen molar-refractivity contribution in [3.8, 4) is 0 Å². The van der Waals surface area contributed by atoms with Gasteiger partial charge in [-0.05, 0) is 12.8 Å². The highest BCUT2D eigenvalue weighted by Crippen LogP contribution is 2.20. The lowest BCUT2D eigenvalue weighted by atomic mass is 9.93. The van der Waals surface area contributed by atoms with Gasteiger partial charge in [0.05, 0.1) is 0 Å². The molecule has 0 atom stereocenters. The Balaban J connectivity index is 5.74. The number of rotatable bonds is 8. The molecule has 0 aromatic carbocycles. The van der Waals surface area contributed by atoms with Crippen molar-refractivity contribution in [2.24, 2.45) is 5.92 Å². The average Bonchev–Trinajstić information content (AvgIpc) is 2.37. The zero-order valence-corrected chi connectivity index (χ0v) is 11.4. The summed E-state index contributed by atoms with van der Waals surface area (Å²) in [6, 6.07) is 0. The largest absolute Gasteiger partial charge is 0.478 e. The van der Waals surface area contributed by atoms with Crippen LogP contribution in [0.25, 0.3) is 0 Å². The minimum Gasteiger partial charge on any atom is -0.478 e. The first-order valence-corrected chi connectivity index (χ1v) is 6.04. The van der Waals surface area contributed by atoms with E-state index in [9.17, 15) is 14.4 Å². The van der Waals surface area contributed by atoms with Crippen LogP contribution in [0.2, 0.25) is 0 Å². The van der Waals surface area contributed by atoms with Gasteiger partial charge in [0.25, 0.3) is 0 Å². The molecule has 0 fully saturated rings. The van der Waals surface area contributed by atoms with E-state index < -0.39 is 23.8 Å². The molecule has 0 amide bonds. The number of carbonyl (C=O) groups is 3. The van der Waals surface area contributed by atoms with Crippen LogP contribution in [0.1, 0.15) is 26.7 Å². The fourth-order valence-electron chi connectivity index (χ4n) is 1.51. The summed E-state index contributed by atoms with van der Waals surface area (Å²) in [5.41, 5.74) is -0.256. The molecule has 0 aliphatic rings. The number of carboxylic acids is 3. The number of carboxylic acid groups (broad SMARTS) is 3. The van der Waals surface area contributed by atoms with E-state index in [2.05, 4.69) is 6.58 Å². The number of allylic oxidation sites excluding steroid dienone is 2. The van der Waals surface area contributed by atoms with E-state index in [1.807, 2.05) is 0 Å². The minimum atomic E-state index is -1.30. The summed E-state index contributed by atoms with van der Waals surface area (Å²) in [4.78, 5) is 32.9. The first kappa shape index (κ1) is 17.6. The van der Waals surface area contributed by atoms with E-state index in [-0.39, 0.29) is 29.6 Å². The second kappa shape index (κ2) is 7.93. The molecule has 0 heterocycles. The van der Waals surface area contributed by atoms with Gasteiger partial charge in [-0.3, -0.25) is 0 Å². The van der Waals surface area contributed by atoms with Crippen LogP contribution in [-0.2, 0) is 14.4 Å². The summed E-state index contributed by atoms with van der Waals surface area (Å²) in [5.74, 6) is -4.61. The van der Waals surface area contributed by atoms with Gasteiger partial charge in [-0.1, -0.05) is 32.6 Å². The van der Waals surface area contributed by atoms with E-state index in [1.54, 1.807) is 13.8 Å². The van der Waals surface area contributed by atoms with Gasteiger partial charge in [0.1, 0.15) is 0 Å². The molecule has 6 nitrogen and oxygen atoms in total. The van der Waals surface area contributed by atoms with Crippen molar-refractivity contribution in [3.05, 3.63) is 35.5 Å². The predicted molar refractivity (Wildman–Crippen MR) is 72.3 cm³/mol. The second-order valence-electron chi connectivity index (χ2n) is 4.06. The van der Waals surface area contributed by atoms with E-state index in [4.69, 9.17) is 15.3 Å². The fraction of sp³-hybridized carbons (Fsp3) is 0.357. The van der Waals surface area contributed by atoms with Crippen LogP contribution in [0.3, 0.4) is 0 Å². The maximum atomic E-state index is 11.0. The molecule has 0 aliphatic carbocycles. The quantitative estimate of drug-likeness (QED) is 0.588. The molecular formula is C14H18O6. The first-order chi connectivity index (χ1) is 9.24. The van der Waals surface area contributed by atoms with Gasteiger partial charge in [0.2, 0.25) is 0 Å². The Labute approximate surface area is 116 Å². The smallest absolute Gasteiger partial charge is 0.331 e. The number of aliphatic carboxylic acids is 3. The van der Waals surface area contributed by atoms with E-state index in [0.717, 1.165) is 0 Å². The Morgan fingerprint density at radius 3 is 1.45 bits per heavy atom. The molecule has 0 rings (SSSR count). The molecule has 0 aromatic rings. The molecule has 0 radical (unpaired) electrons. The van der Waals surface area contributed by atoms with Crippen LogP contribution in [-0.4, -0.2) is 33.2 Å². The highest BCUT2D eigenvalue weighted by molar-refractivity contribution is 5.91. The standard InChI is InChI=1S/C14H18O6/c1-4-9(13(17)18)6-11(8(3)12(15)16)7-10(5-2)14(19)20/h6-7,11H,3-5H2,1-2H3,(H,15,16)(H,17,18)(H,19,20). The SMILES string of the molecule is C=C(C(=O)O)C(C=C(CC)C(=O)O)C=C(CC)C(=O)O. The van der Waals surface area contributed by atoms with Crippen molar-refractivity contribution in [2.75, 3.05) is 0 Å². The lowest BCUT2D eigenvalue weighted by Crippen LogP contribution is -2.12. The van der Waals surface area contributed by atoms with E-state index >= 15 is 0 Å². The summed E-state index contributed by atoms with van der Waals surface area (Å²) in [6.45, 7) is 6.60. The Kier molecular flexibility index (Phi) is 6.99. The molecule has 0 saturated carbocycles. The van der Waals surface area contributed by atoms with Crippen molar-refractivity contribution in [2.45, 2.75) is 26.7 Å². The van der Waals surface area contributed by atoms with Gasteiger partial charge < -0.3 is 15.3 Å². The predicted octanol–water partition coefficient (Wildman–Crippen LogP) is 2.09. The maximum absolute atomic E-state index is 11.0. The highest BCUT2D eigenvalue weighted by Gasteiger charge is 2.19. The Hall–Kier alpha value is -2.37. The van der Waals surface area contributed by atoms with Crippen molar-refractivity contribution in [1.82, 2.24) is 0 Å². The lowest BCUT2D eigenvalue weighted by molar-refractivity contribution is -0.134. The number of hydrogen-bond donors (Lipinski definition) is 3. The molecule has 0 unspecified atom stereocenters. The molecule has 0 aliphatic heterocycles. The summed E-state index contributed by atoms with van der Waals surface area (Å²) in [5, 5.41) is 26.9. The third kappa shape index (κ3) is 5.09. The summed E-state index contributed by atoms with van der Waals surface area (Å²) in [6.07, 6.45) is 2.83. The average molecular weight is 282 g/mol.